The summed E-state index contributed by atoms with van der Waals surface area (Å²) in [4.78, 5) is 20.6. The van der Waals surface area contributed by atoms with Crippen molar-refractivity contribution < 1.29 is 14.3 Å². The van der Waals surface area contributed by atoms with Gasteiger partial charge in [-0.2, -0.15) is 0 Å². The molecule has 6 heteroatoms. The van der Waals surface area contributed by atoms with Gasteiger partial charge in [0, 0.05) is 77.6 Å². The zero-order chi connectivity index (χ0) is 34.6. The normalized spacial score (nSPS) is 13.0. The van der Waals surface area contributed by atoms with Gasteiger partial charge in [0.1, 0.15) is 17.2 Å². The van der Waals surface area contributed by atoms with E-state index in [1.165, 1.54) is 0 Å². The van der Waals surface area contributed by atoms with Crippen molar-refractivity contribution >= 4 is 34.3 Å². The minimum atomic E-state index is -0.304. The molecule has 0 spiro atoms. The second-order valence-corrected chi connectivity index (χ2v) is 12.3. The third-order valence-electron chi connectivity index (χ3n) is 9.50. The quantitative estimate of drug-likeness (QED) is 0.146. The fraction of sp³-hybridized carbons (Fsp3) is 0.159. The first kappa shape index (κ1) is 32.5. The molecule has 1 aliphatic heterocycles. The molecule has 1 atom stereocenters. The molecule has 1 aliphatic rings. The van der Waals surface area contributed by atoms with E-state index in [1.807, 2.05) is 98.0 Å². The summed E-state index contributed by atoms with van der Waals surface area (Å²) in [7, 11) is 3.52. The van der Waals surface area contributed by atoms with E-state index in [9.17, 15) is 4.79 Å². The predicted octanol–water partition coefficient (Wildman–Crippen LogP) is 10.6. The van der Waals surface area contributed by atoms with Crippen molar-refractivity contribution in [3.05, 3.63) is 168 Å². The highest BCUT2D eigenvalue weighted by Gasteiger charge is 2.34. The Labute approximate surface area is 294 Å². The van der Waals surface area contributed by atoms with Crippen LogP contribution < -0.4 is 24.2 Å². The molecule has 0 aromatic heterocycles. The summed E-state index contributed by atoms with van der Waals surface area (Å²) in [6.07, 6.45) is 0. The Bertz CT molecular complexity index is 2060. The van der Waals surface area contributed by atoms with E-state index in [1.54, 1.807) is 12.0 Å². The fourth-order valence-corrected chi connectivity index (χ4v) is 6.95. The van der Waals surface area contributed by atoms with Crippen molar-refractivity contribution in [2.45, 2.75) is 19.8 Å². The van der Waals surface area contributed by atoms with Crippen LogP contribution in [-0.4, -0.2) is 33.2 Å². The molecule has 0 saturated carbocycles. The molecule has 1 heterocycles. The average molecular weight is 660 g/mol. The third kappa shape index (κ3) is 6.05. The molecule has 1 amide bonds. The number of amides is 1. The van der Waals surface area contributed by atoms with E-state index in [-0.39, 0.29) is 11.8 Å². The van der Waals surface area contributed by atoms with Crippen LogP contribution in [0.2, 0.25) is 0 Å². The lowest BCUT2D eigenvalue weighted by Gasteiger charge is -2.34. The molecule has 6 aromatic carbocycles. The molecule has 0 fully saturated rings. The van der Waals surface area contributed by atoms with Gasteiger partial charge in [-0.3, -0.25) is 4.79 Å². The molecular weight excluding hydrogens is 619 g/mol. The maximum absolute atomic E-state index is 14.4. The van der Waals surface area contributed by atoms with Crippen molar-refractivity contribution in [3.8, 4) is 17.2 Å². The van der Waals surface area contributed by atoms with Gasteiger partial charge in [0.25, 0.3) is 5.91 Å². The highest BCUT2D eigenvalue weighted by molar-refractivity contribution is 6.07. The highest BCUT2D eigenvalue weighted by Crippen LogP contribution is 2.53. The van der Waals surface area contributed by atoms with Gasteiger partial charge in [-0.15, -0.1) is 0 Å². The van der Waals surface area contributed by atoms with E-state index >= 15 is 0 Å². The lowest BCUT2D eigenvalue weighted by Crippen LogP contribution is -2.28. The van der Waals surface area contributed by atoms with Crippen LogP contribution >= 0.6 is 0 Å². The number of hydrogen-bond donors (Lipinski definition) is 0. The van der Waals surface area contributed by atoms with Gasteiger partial charge in [-0.25, -0.2) is 0 Å². The maximum atomic E-state index is 14.4. The van der Waals surface area contributed by atoms with Crippen LogP contribution in [0.3, 0.4) is 0 Å². The summed E-state index contributed by atoms with van der Waals surface area (Å²) in [5, 5.41) is 0. The minimum absolute atomic E-state index is 0.0786. The van der Waals surface area contributed by atoms with Crippen LogP contribution in [0.15, 0.2) is 146 Å². The summed E-state index contributed by atoms with van der Waals surface area (Å²) < 4.78 is 12.9. The lowest BCUT2D eigenvalue weighted by molar-refractivity contribution is 0.0992. The van der Waals surface area contributed by atoms with Crippen molar-refractivity contribution in [3.63, 3.8) is 0 Å². The zero-order valence-electron chi connectivity index (χ0n) is 28.9. The standard InChI is InChI=1S/C44H41N3O3/c1-5-46(6-2)34-26-27-37-40(28-34)50-41-30-42(49-4)39(47(32-20-12-8-13-21-32)33-22-14-9-15-23-33)29-38(41)43(37)35-24-16-17-25-36(35)44(48)45(3)31-18-10-7-11-19-31/h7-30,43H,5-6H2,1-4H3. The number of anilines is 5. The monoisotopic (exact) mass is 659 g/mol. The van der Waals surface area contributed by atoms with Crippen LogP contribution in [0.1, 0.15) is 46.8 Å². The number of ether oxygens (including phenoxy) is 2. The van der Waals surface area contributed by atoms with Crippen LogP contribution in [0.4, 0.5) is 28.4 Å². The number of rotatable bonds is 10. The SMILES string of the molecule is CCN(CC)c1ccc2c(c1)Oc1cc(OC)c(N(c3ccccc3)c3ccccc3)cc1C2c1ccccc1C(=O)N(C)c1ccccc1. The molecule has 6 nitrogen and oxygen atoms in total. The number of benzene rings is 6. The van der Waals surface area contributed by atoms with Gasteiger partial charge < -0.3 is 24.2 Å². The van der Waals surface area contributed by atoms with Gasteiger partial charge in [-0.05, 0) is 74.0 Å². The molecule has 0 N–H and O–H groups in total. The maximum Gasteiger partial charge on any atom is 0.258 e. The third-order valence-corrected chi connectivity index (χ3v) is 9.50. The zero-order valence-corrected chi connectivity index (χ0v) is 28.9. The molecule has 0 bridgehead atoms. The summed E-state index contributed by atoms with van der Waals surface area (Å²) >= 11 is 0. The second kappa shape index (κ2) is 14.2. The molecule has 7 rings (SSSR count). The van der Waals surface area contributed by atoms with Crippen molar-refractivity contribution in [2.75, 3.05) is 41.9 Å². The van der Waals surface area contributed by atoms with E-state index in [2.05, 4.69) is 78.2 Å². The number of carbonyl (C=O) groups excluding carboxylic acids is 1. The summed E-state index contributed by atoms with van der Waals surface area (Å²) in [6.45, 7) is 6.07. The van der Waals surface area contributed by atoms with Gasteiger partial charge in [0.2, 0.25) is 0 Å². The Balaban J connectivity index is 1.46. The molecule has 6 aromatic rings. The number of methoxy groups -OCH3 is 1. The lowest BCUT2D eigenvalue weighted by atomic mass is 9.80. The van der Waals surface area contributed by atoms with Crippen molar-refractivity contribution in [1.29, 1.82) is 0 Å². The number of nitrogens with zero attached hydrogens (tertiary/aromatic N) is 3. The molecule has 0 radical (unpaired) electrons. The number of carbonyl (C=O) groups is 1. The van der Waals surface area contributed by atoms with Crippen molar-refractivity contribution in [1.82, 2.24) is 0 Å². The topological polar surface area (TPSA) is 45.3 Å². The van der Waals surface area contributed by atoms with Crippen LogP contribution in [0.25, 0.3) is 0 Å². The Kier molecular flexibility index (Phi) is 9.26. The molecule has 0 aliphatic carbocycles. The van der Waals surface area contributed by atoms with Gasteiger partial charge in [0.05, 0.1) is 12.8 Å². The largest absolute Gasteiger partial charge is 0.494 e. The summed E-state index contributed by atoms with van der Waals surface area (Å²) in [6, 6.07) is 48.9. The van der Waals surface area contributed by atoms with Gasteiger partial charge in [0.15, 0.2) is 0 Å². The average Bonchev–Trinajstić information content (AvgIpc) is 3.18. The second-order valence-electron chi connectivity index (χ2n) is 12.3. The smallest absolute Gasteiger partial charge is 0.258 e. The summed E-state index contributed by atoms with van der Waals surface area (Å²) in [5.74, 6) is 1.75. The van der Waals surface area contributed by atoms with E-state index < -0.39 is 0 Å². The van der Waals surface area contributed by atoms with Crippen molar-refractivity contribution in [2.24, 2.45) is 0 Å². The molecule has 1 unspecified atom stereocenters. The number of para-hydroxylation sites is 3. The Morgan fingerprint density at radius 2 is 1.18 bits per heavy atom. The van der Waals surface area contributed by atoms with Gasteiger partial charge >= 0.3 is 0 Å². The molecule has 0 saturated heterocycles. The first-order chi connectivity index (χ1) is 24.5. The number of fused-ring (bicyclic) bond motifs is 2. The molecule has 250 valence electrons. The highest BCUT2D eigenvalue weighted by atomic mass is 16.5. The van der Waals surface area contributed by atoms with E-state index in [4.69, 9.17) is 9.47 Å². The van der Waals surface area contributed by atoms with Gasteiger partial charge in [-0.1, -0.05) is 78.9 Å². The summed E-state index contributed by atoms with van der Waals surface area (Å²) in [5.41, 5.74) is 8.26. The number of hydrogen-bond acceptors (Lipinski definition) is 5. The fourth-order valence-electron chi connectivity index (χ4n) is 6.95. The van der Waals surface area contributed by atoms with E-state index in [0.717, 1.165) is 64.0 Å². The van der Waals surface area contributed by atoms with Crippen LogP contribution in [0, 0.1) is 0 Å². The Hall–Kier alpha value is -6.01. The molecular formula is C44H41N3O3. The first-order valence-corrected chi connectivity index (χ1v) is 17.1. The van der Waals surface area contributed by atoms with E-state index in [0.29, 0.717) is 17.1 Å². The minimum Gasteiger partial charge on any atom is -0.494 e. The Morgan fingerprint density at radius 1 is 0.620 bits per heavy atom. The van der Waals surface area contributed by atoms with Crippen LogP contribution in [0.5, 0.6) is 17.2 Å². The van der Waals surface area contributed by atoms with Crippen LogP contribution in [-0.2, 0) is 0 Å². The Morgan fingerprint density at radius 3 is 1.78 bits per heavy atom. The predicted molar refractivity (Wildman–Crippen MR) is 204 cm³/mol. The first-order valence-electron chi connectivity index (χ1n) is 17.1. The molecule has 50 heavy (non-hydrogen) atoms.